The van der Waals surface area contributed by atoms with Gasteiger partial charge in [0.15, 0.2) is 0 Å². The molecule has 1 aromatic carbocycles. The molecule has 3 nitrogen and oxygen atoms in total. The van der Waals surface area contributed by atoms with Crippen LogP contribution in [-0.4, -0.2) is 36.6 Å². The third-order valence-electron chi connectivity index (χ3n) is 3.46. The first-order valence-corrected chi connectivity index (χ1v) is 7.77. The van der Waals surface area contributed by atoms with Gasteiger partial charge in [0, 0.05) is 15.8 Å². The second-order valence-corrected chi connectivity index (χ2v) is 6.42. The minimum Gasteiger partial charge on any atom is -0.325 e. The van der Waals surface area contributed by atoms with Crippen LogP contribution in [0.5, 0.6) is 0 Å². The van der Waals surface area contributed by atoms with Gasteiger partial charge in [-0.1, -0.05) is 0 Å². The number of amides is 1. The van der Waals surface area contributed by atoms with Gasteiger partial charge in [0.25, 0.3) is 0 Å². The first-order valence-electron chi connectivity index (χ1n) is 6.69. The van der Waals surface area contributed by atoms with Gasteiger partial charge < -0.3 is 5.32 Å². The first kappa shape index (κ1) is 16.5. The van der Waals surface area contributed by atoms with Crippen molar-refractivity contribution in [2.24, 2.45) is 5.92 Å². The number of likely N-dealkylation sites (tertiary alicyclic amines) is 1. The number of carbonyl (C=O) groups is 1. The van der Waals surface area contributed by atoms with E-state index in [1.807, 2.05) is 12.1 Å². The Morgan fingerprint density at radius 3 is 2.62 bits per heavy atom. The largest absolute Gasteiger partial charge is 0.393 e. The summed E-state index contributed by atoms with van der Waals surface area (Å²) in [5.74, 6) is -1.60. The van der Waals surface area contributed by atoms with Crippen molar-refractivity contribution in [2.45, 2.75) is 19.0 Å². The molecule has 1 N–H and O–H groups in total. The van der Waals surface area contributed by atoms with Crippen LogP contribution in [0.1, 0.15) is 12.8 Å². The van der Waals surface area contributed by atoms with Crippen molar-refractivity contribution < 1.29 is 18.0 Å². The van der Waals surface area contributed by atoms with Crippen molar-refractivity contribution >= 4 is 34.2 Å². The molecule has 0 aromatic heterocycles. The Bertz CT molecular complexity index is 490. The highest BCUT2D eigenvalue weighted by Crippen LogP contribution is 2.32. The molecule has 1 saturated heterocycles. The Labute approximate surface area is 135 Å². The van der Waals surface area contributed by atoms with Crippen molar-refractivity contribution in [2.75, 3.05) is 25.0 Å². The maximum Gasteiger partial charge on any atom is 0.393 e. The van der Waals surface area contributed by atoms with E-state index in [0.717, 1.165) is 3.57 Å². The molecule has 1 atom stereocenters. The van der Waals surface area contributed by atoms with Gasteiger partial charge in [-0.25, -0.2) is 0 Å². The van der Waals surface area contributed by atoms with E-state index >= 15 is 0 Å². The molecule has 0 bridgehead atoms. The van der Waals surface area contributed by atoms with E-state index in [1.165, 1.54) is 0 Å². The summed E-state index contributed by atoms with van der Waals surface area (Å²) in [7, 11) is 0. The van der Waals surface area contributed by atoms with E-state index < -0.39 is 12.1 Å². The first-order chi connectivity index (χ1) is 9.84. The number of halogens is 4. The number of hydrogen-bond acceptors (Lipinski definition) is 2. The lowest BCUT2D eigenvalue weighted by molar-refractivity contribution is -0.186. The van der Waals surface area contributed by atoms with Crippen LogP contribution in [0.3, 0.4) is 0 Å². The lowest BCUT2D eigenvalue weighted by atomic mass is 9.97. The molecular weight excluding hydrogens is 396 g/mol. The molecule has 0 spiro atoms. The van der Waals surface area contributed by atoms with Crippen LogP contribution < -0.4 is 5.32 Å². The van der Waals surface area contributed by atoms with Gasteiger partial charge in [-0.2, -0.15) is 13.2 Å². The molecule has 0 radical (unpaired) electrons. The summed E-state index contributed by atoms with van der Waals surface area (Å²) >= 11 is 2.16. The highest BCUT2D eigenvalue weighted by Gasteiger charge is 2.41. The molecule has 1 heterocycles. The molecule has 1 aliphatic rings. The average molecular weight is 412 g/mol. The number of carbonyl (C=O) groups excluding carboxylic acids is 1. The third kappa shape index (κ3) is 5.14. The lowest BCUT2D eigenvalue weighted by Crippen LogP contribution is -2.44. The Morgan fingerprint density at radius 2 is 2.00 bits per heavy atom. The zero-order valence-corrected chi connectivity index (χ0v) is 13.4. The Morgan fingerprint density at radius 1 is 1.33 bits per heavy atom. The average Bonchev–Trinajstić information content (AvgIpc) is 2.41. The van der Waals surface area contributed by atoms with Crippen molar-refractivity contribution in [3.05, 3.63) is 27.8 Å². The minimum atomic E-state index is -4.18. The summed E-state index contributed by atoms with van der Waals surface area (Å²) in [6.45, 7) is 0.439. The van der Waals surface area contributed by atoms with E-state index in [4.69, 9.17) is 0 Å². The predicted molar refractivity (Wildman–Crippen MR) is 83.0 cm³/mol. The highest BCUT2D eigenvalue weighted by molar-refractivity contribution is 14.1. The molecule has 0 aliphatic carbocycles. The number of piperidine rings is 1. The normalized spacial score (nSPS) is 20.3. The Hall–Kier alpha value is -0.830. The number of nitrogens with one attached hydrogen (secondary N) is 1. The molecule has 1 amide bonds. The predicted octanol–water partition coefficient (Wildman–Crippen LogP) is 3.50. The smallest absolute Gasteiger partial charge is 0.325 e. The molecule has 0 saturated carbocycles. The molecule has 7 heteroatoms. The quantitative estimate of drug-likeness (QED) is 0.772. The molecule has 2 rings (SSSR count). The summed E-state index contributed by atoms with van der Waals surface area (Å²) < 4.78 is 39.2. The molecule has 116 valence electrons. The summed E-state index contributed by atoms with van der Waals surface area (Å²) in [5, 5.41) is 2.70. The zero-order valence-electron chi connectivity index (χ0n) is 11.3. The second kappa shape index (κ2) is 6.95. The van der Waals surface area contributed by atoms with Gasteiger partial charge in [-0.05, 0) is 66.2 Å². The van der Waals surface area contributed by atoms with Gasteiger partial charge in [-0.15, -0.1) is 0 Å². The Balaban J connectivity index is 1.86. The molecule has 1 fully saturated rings. The van der Waals surface area contributed by atoms with E-state index in [-0.39, 0.29) is 25.4 Å². The van der Waals surface area contributed by atoms with E-state index in [1.54, 1.807) is 17.0 Å². The van der Waals surface area contributed by atoms with Gasteiger partial charge in [-0.3, -0.25) is 9.69 Å². The van der Waals surface area contributed by atoms with Crippen LogP contribution in [0.15, 0.2) is 24.3 Å². The summed E-state index contributed by atoms with van der Waals surface area (Å²) in [5.41, 5.74) is 0.657. The van der Waals surface area contributed by atoms with Crippen LogP contribution in [0.4, 0.5) is 18.9 Å². The number of hydrogen-bond donors (Lipinski definition) is 1. The third-order valence-corrected chi connectivity index (χ3v) is 4.18. The van der Waals surface area contributed by atoms with Crippen molar-refractivity contribution in [3.63, 3.8) is 0 Å². The summed E-state index contributed by atoms with van der Waals surface area (Å²) in [6.07, 6.45) is -3.55. The summed E-state index contributed by atoms with van der Waals surface area (Å²) in [6, 6.07) is 7.26. The topological polar surface area (TPSA) is 32.3 Å². The standard InChI is InChI=1S/C14H16F3IN2O/c15-14(16,17)10-2-1-7-20(8-10)9-13(21)19-12-5-3-11(18)4-6-12/h3-6,10H,1-2,7-9H2,(H,19,21). The van der Waals surface area contributed by atoms with E-state index in [9.17, 15) is 18.0 Å². The summed E-state index contributed by atoms with van der Waals surface area (Å²) in [4.78, 5) is 13.5. The second-order valence-electron chi connectivity index (χ2n) is 5.17. The van der Waals surface area contributed by atoms with Gasteiger partial charge in [0.05, 0.1) is 12.5 Å². The number of alkyl halides is 3. The number of anilines is 1. The maximum absolute atomic E-state index is 12.7. The molecular formula is C14H16F3IN2O. The fourth-order valence-corrected chi connectivity index (χ4v) is 2.76. The number of nitrogens with zero attached hydrogens (tertiary/aromatic N) is 1. The Kier molecular flexibility index (Phi) is 5.48. The zero-order chi connectivity index (χ0) is 15.5. The van der Waals surface area contributed by atoms with Crippen LogP contribution in [0.25, 0.3) is 0 Å². The van der Waals surface area contributed by atoms with Crippen LogP contribution in [0, 0.1) is 9.49 Å². The van der Waals surface area contributed by atoms with E-state index in [2.05, 4.69) is 27.9 Å². The number of rotatable bonds is 3. The highest BCUT2D eigenvalue weighted by atomic mass is 127. The van der Waals surface area contributed by atoms with Gasteiger partial charge in [0.2, 0.25) is 5.91 Å². The fraction of sp³-hybridized carbons (Fsp3) is 0.500. The van der Waals surface area contributed by atoms with Crippen LogP contribution in [0.2, 0.25) is 0 Å². The van der Waals surface area contributed by atoms with Crippen LogP contribution >= 0.6 is 22.6 Å². The maximum atomic E-state index is 12.7. The van der Waals surface area contributed by atoms with Gasteiger partial charge >= 0.3 is 6.18 Å². The minimum absolute atomic E-state index is 0.00142. The SMILES string of the molecule is O=C(CN1CCCC(C(F)(F)F)C1)Nc1ccc(I)cc1. The molecule has 21 heavy (non-hydrogen) atoms. The van der Waals surface area contributed by atoms with Crippen LogP contribution in [-0.2, 0) is 4.79 Å². The fourth-order valence-electron chi connectivity index (χ4n) is 2.40. The molecule has 1 aromatic rings. The lowest BCUT2D eigenvalue weighted by Gasteiger charge is -2.33. The molecule has 1 aliphatic heterocycles. The van der Waals surface area contributed by atoms with Crippen molar-refractivity contribution in [1.82, 2.24) is 4.90 Å². The van der Waals surface area contributed by atoms with Gasteiger partial charge in [0.1, 0.15) is 0 Å². The van der Waals surface area contributed by atoms with Crippen molar-refractivity contribution in [1.29, 1.82) is 0 Å². The molecule has 1 unspecified atom stereocenters. The van der Waals surface area contributed by atoms with E-state index in [0.29, 0.717) is 18.7 Å². The monoisotopic (exact) mass is 412 g/mol. The number of benzene rings is 1. The van der Waals surface area contributed by atoms with Crippen molar-refractivity contribution in [3.8, 4) is 0 Å².